The molecule has 0 unspecified atom stereocenters. The van der Waals surface area contributed by atoms with Gasteiger partial charge in [-0.2, -0.15) is 0 Å². The summed E-state index contributed by atoms with van der Waals surface area (Å²) in [6.45, 7) is 3.02. The lowest BCUT2D eigenvalue weighted by molar-refractivity contribution is 0.133. The van der Waals surface area contributed by atoms with Crippen molar-refractivity contribution in [2.45, 2.75) is 44.2 Å². The number of ether oxygens (including phenoxy) is 1. The highest BCUT2D eigenvalue weighted by atomic mass is 79.9. The van der Waals surface area contributed by atoms with Gasteiger partial charge in [-0.05, 0) is 120 Å². The van der Waals surface area contributed by atoms with E-state index in [2.05, 4.69) is 57.7 Å². The monoisotopic (exact) mass is 823 g/mol. The number of nitrogen functional groups attached to an aromatic ring is 1. The third-order valence-electron chi connectivity index (χ3n) is 9.28. The molecule has 51 heavy (non-hydrogen) atoms. The summed E-state index contributed by atoms with van der Waals surface area (Å²) >= 11 is 7.08. The van der Waals surface area contributed by atoms with Crippen molar-refractivity contribution >= 4 is 72.4 Å². The second-order valence-corrected chi connectivity index (χ2v) is 14.9. The molecule has 6 rings (SSSR count). The van der Waals surface area contributed by atoms with Gasteiger partial charge in [0.05, 0.1) is 22.8 Å². The van der Waals surface area contributed by atoms with E-state index in [1.165, 1.54) is 0 Å². The molecule has 1 aromatic heterocycles. The fraction of sp³-hybridized carbons (Fsp3) is 0.389. The van der Waals surface area contributed by atoms with Crippen molar-refractivity contribution in [1.82, 2.24) is 35.3 Å². The predicted octanol–water partition coefficient (Wildman–Crippen LogP) is 6.26. The number of amides is 5. The molecule has 2 aliphatic heterocycles. The van der Waals surface area contributed by atoms with Crippen LogP contribution in [0.25, 0.3) is 11.0 Å². The van der Waals surface area contributed by atoms with Crippen LogP contribution in [0.5, 0.6) is 5.75 Å². The number of halogens is 2. The van der Waals surface area contributed by atoms with E-state index in [1.807, 2.05) is 55.4 Å². The van der Waals surface area contributed by atoms with Gasteiger partial charge in [-0.1, -0.05) is 18.2 Å². The zero-order valence-corrected chi connectivity index (χ0v) is 31.8. The number of carbonyl (C=O) groups is 3. The Morgan fingerprint density at radius 1 is 1.08 bits per heavy atom. The number of imidazole rings is 1. The Hall–Kier alpha value is -4.34. The number of nitrogens with one attached hydrogen (secondary N) is 4. The molecule has 0 aliphatic carbocycles. The summed E-state index contributed by atoms with van der Waals surface area (Å²) in [5, 5.41) is 9.05. The first-order chi connectivity index (χ1) is 24.5. The van der Waals surface area contributed by atoms with Crippen molar-refractivity contribution in [1.29, 1.82) is 0 Å². The van der Waals surface area contributed by atoms with Gasteiger partial charge in [0.1, 0.15) is 11.6 Å². The van der Waals surface area contributed by atoms with E-state index in [4.69, 9.17) is 15.5 Å². The van der Waals surface area contributed by atoms with Crippen molar-refractivity contribution in [2.24, 2.45) is 0 Å². The van der Waals surface area contributed by atoms with Crippen molar-refractivity contribution in [3.8, 4) is 5.75 Å². The fourth-order valence-electron chi connectivity index (χ4n) is 6.53. The molecule has 1 fully saturated rings. The lowest BCUT2D eigenvalue weighted by Crippen LogP contribution is -2.52. The molecule has 5 amide bonds. The van der Waals surface area contributed by atoms with Gasteiger partial charge in [0.15, 0.2) is 0 Å². The molecule has 0 bridgehead atoms. The Morgan fingerprint density at radius 3 is 2.57 bits per heavy atom. The number of piperidine rings is 1. The second-order valence-electron chi connectivity index (χ2n) is 13.2. The minimum Gasteiger partial charge on any atom is -0.410 e. The number of likely N-dealkylation sites (tertiary alicyclic amines) is 1. The third kappa shape index (κ3) is 9.13. The Morgan fingerprint density at radius 2 is 1.82 bits per heavy atom. The first-order valence-corrected chi connectivity index (χ1v) is 18.7. The summed E-state index contributed by atoms with van der Waals surface area (Å²) in [6.07, 6.45) is 2.84. The van der Waals surface area contributed by atoms with Gasteiger partial charge in [-0.3, -0.25) is 0 Å². The van der Waals surface area contributed by atoms with E-state index in [-0.39, 0.29) is 18.1 Å². The van der Waals surface area contributed by atoms with Gasteiger partial charge in [0.2, 0.25) is 0 Å². The second kappa shape index (κ2) is 16.3. The molecule has 3 aromatic carbocycles. The average molecular weight is 826 g/mol. The molecular weight excluding hydrogens is 782 g/mol. The lowest BCUT2D eigenvalue weighted by atomic mass is 10.0. The number of benzene rings is 3. The largest absolute Gasteiger partial charge is 0.412 e. The number of nitrogens with zero attached hydrogens (tertiary/aromatic N) is 4. The zero-order valence-electron chi connectivity index (χ0n) is 28.7. The molecular formula is C36H43Br2N9O4. The van der Waals surface area contributed by atoms with Gasteiger partial charge in [0.25, 0.3) is 0 Å². The molecule has 0 spiro atoms. The van der Waals surface area contributed by atoms with Crippen LogP contribution in [-0.4, -0.2) is 95.7 Å². The van der Waals surface area contributed by atoms with Crippen molar-refractivity contribution in [3.05, 3.63) is 80.5 Å². The summed E-state index contributed by atoms with van der Waals surface area (Å²) in [4.78, 5) is 53.3. The van der Waals surface area contributed by atoms with Crippen LogP contribution in [0.4, 0.5) is 25.8 Å². The standard InChI is InChI=1S/C36H43Br2N9O4/c1-45(2)14-5-13-40-36(50)51-25-8-9-29-30(21-25)42-33(41-29)31(20-22-18-26(37)32(39)27(38)19-22)44-34(48)46-15-11-24(12-16-46)47-17-10-23-6-3-4-7-28(23)43-35(47)49/h3-4,6-9,18-19,21,24,31H,5,10-17,20,39H2,1-2H3,(H,40,50)(H,41,42)(H,43,49)(H,44,48)/t31-/m1/s1. The quantitative estimate of drug-likeness (QED) is 0.0933. The number of urea groups is 2. The van der Waals surface area contributed by atoms with E-state index in [0.29, 0.717) is 68.2 Å². The molecule has 13 nitrogen and oxygen atoms in total. The van der Waals surface area contributed by atoms with Crippen LogP contribution in [0.3, 0.4) is 0 Å². The molecule has 1 atom stereocenters. The normalized spacial score (nSPS) is 15.7. The fourth-order valence-corrected chi connectivity index (χ4v) is 7.81. The van der Waals surface area contributed by atoms with Gasteiger partial charge in [-0.15, -0.1) is 0 Å². The lowest BCUT2D eigenvalue weighted by Gasteiger charge is -2.38. The zero-order chi connectivity index (χ0) is 36.1. The van der Waals surface area contributed by atoms with Crippen LogP contribution >= 0.6 is 31.9 Å². The predicted molar refractivity (Wildman–Crippen MR) is 205 cm³/mol. The molecule has 6 N–H and O–H groups in total. The minimum atomic E-state index is -0.529. The highest BCUT2D eigenvalue weighted by Gasteiger charge is 2.32. The van der Waals surface area contributed by atoms with E-state index in [9.17, 15) is 14.4 Å². The molecule has 2 aliphatic rings. The van der Waals surface area contributed by atoms with Crippen molar-refractivity contribution < 1.29 is 19.1 Å². The Balaban J connectivity index is 1.14. The summed E-state index contributed by atoms with van der Waals surface area (Å²) in [6, 6.07) is 16.2. The average Bonchev–Trinajstić information content (AvgIpc) is 3.45. The third-order valence-corrected chi connectivity index (χ3v) is 10.6. The highest BCUT2D eigenvalue weighted by Crippen LogP contribution is 2.32. The number of aromatic nitrogens is 2. The van der Waals surface area contributed by atoms with E-state index in [1.54, 1.807) is 23.1 Å². The van der Waals surface area contributed by atoms with Crippen LogP contribution in [-0.2, 0) is 12.8 Å². The van der Waals surface area contributed by atoms with Gasteiger partial charge < -0.3 is 46.1 Å². The van der Waals surface area contributed by atoms with Crippen molar-refractivity contribution in [3.63, 3.8) is 0 Å². The number of hydrogen-bond donors (Lipinski definition) is 5. The number of anilines is 2. The van der Waals surface area contributed by atoms with E-state index < -0.39 is 12.1 Å². The van der Waals surface area contributed by atoms with Crippen LogP contribution in [0.2, 0.25) is 0 Å². The smallest absolute Gasteiger partial charge is 0.410 e. The van der Waals surface area contributed by atoms with Crippen LogP contribution in [0, 0.1) is 0 Å². The van der Waals surface area contributed by atoms with Gasteiger partial charge in [-0.25, -0.2) is 19.4 Å². The highest BCUT2D eigenvalue weighted by molar-refractivity contribution is 9.11. The molecule has 1 saturated heterocycles. The number of aromatic amines is 1. The minimum absolute atomic E-state index is 0.0375. The Labute approximate surface area is 313 Å². The van der Waals surface area contributed by atoms with E-state index in [0.717, 1.165) is 50.7 Å². The SMILES string of the molecule is CN(C)CCCNC(=O)Oc1ccc2[nH]c([C@@H](Cc3cc(Br)c(N)c(Br)c3)NC(=O)N3CCC(N4CCc5ccccc5NC4=O)CC3)nc2c1. The number of rotatable bonds is 10. The summed E-state index contributed by atoms with van der Waals surface area (Å²) < 4.78 is 7.00. The number of hydrogen-bond acceptors (Lipinski definition) is 7. The molecule has 3 heterocycles. The number of carbonyl (C=O) groups excluding carboxylic acids is 3. The maximum atomic E-state index is 13.8. The first kappa shape index (κ1) is 36.5. The van der Waals surface area contributed by atoms with Crippen LogP contribution in [0.1, 0.15) is 42.3 Å². The Bertz CT molecular complexity index is 1870. The maximum absolute atomic E-state index is 13.8. The van der Waals surface area contributed by atoms with Crippen molar-refractivity contribution in [2.75, 3.05) is 57.9 Å². The Kier molecular flexibility index (Phi) is 11.7. The number of para-hydroxylation sites is 1. The molecule has 15 heteroatoms. The number of fused-ring (bicyclic) bond motifs is 2. The molecule has 0 radical (unpaired) electrons. The van der Waals surface area contributed by atoms with Gasteiger partial charge in [0, 0.05) is 59.3 Å². The maximum Gasteiger partial charge on any atom is 0.412 e. The first-order valence-electron chi connectivity index (χ1n) is 17.1. The molecule has 270 valence electrons. The number of nitrogens with two attached hydrogens (primary N) is 1. The summed E-state index contributed by atoms with van der Waals surface area (Å²) in [5.41, 5.74) is 11.0. The van der Waals surface area contributed by atoms with Crippen LogP contribution < -0.4 is 26.4 Å². The molecule has 0 saturated carbocycles. The van der Waals surface area contributed by atoms with Gasteiger partial charge >= 0.3 is 18.2 Å². The van der Waals surface area contributed by atoms with E-state index >= 15 is 0 Å². The number of H-pyrrole nitrogens is 1. The summed E-state index contributed by atoms with van der Waals surface area (Å²) in [7, 11) is 3.97. The van der Waals surface area contributed by atoms with Crippen LogP contribution in [0.15, 0.2) is 63.5 Å². The summed E-state index contributed by atoms with van der Waals surface area (Å²) in [5.74, 6) is 0.922. The topological polar surface area (TPSA) is 161 Å². The molecule has 4 aromatic rings.